The van der Waals surface area contributed by atoms with Crippen molar-refractivity contribution in [2.24, 2.45) is 0 Å². The Morgan fingerprint density at radius 2 is 2.05 bits per heavy atom. The van der Waals surface area contributed by atoms with Crippen LogP contribution in [0.25, 0.3) is 16.7 Å². The van der Waals surface area contributed by atoms with E-state index in [0.29, 0.717) is 0 Å². The van der Waals surface area contributed by atoms with Crippen LogP contribution in [0.5, 0.6) is 0 Å². The normalized spacial score (nSPS) is 11.1. The van der Waals surface area contributed by atoms with Gasteiger partial charge in [-0.15, -0.1) is 0 Å². The van der Waals surface area contributed by atoms with Crippen molar-refractivity contribution in [3.05, 3.63) is 58.8 Å². The molecule has 0 aliphatic heterocycles. The van der Waals surface area contributed by atoms with Gasteiger partial charge in [-0.1, -0.05) is 41.1 Å². The maximum absolute atomic E-state index is 4.44. The van der Waals surface area contributed by atoms with E-state index in [1.807, 2.05) is 24.5 Å². The fraction of sp³-hybridized carbons (Fsp3) is 0.235. The van der Waals surface area contributed by atoms with E-state index in [1.54, 1.807) is 0 Å². The van der Waals surface area contributed by atoms with Gasteiger partial charge in [-0.05, 0) is 42.8 Å². The molecule has 0 amide bonds. The van der Waals surface area contributed by atoms with Crippen LogP contribution < -0.4 is 5.32 Å². The number of aromatic nitrogens is 2. The first kappa shape index (κ1) is 14.3. The monoisotopic (exact) mass is 343 g/mol. The topological polar surface area (TPSA) is 29.9 Å². The van der Waals surface area contributed by atoms with E-state index >= 15 is 0 Å². The molecule has 0 radical (unpaired) electrons. The van der Waals surface area contributed by atoms with Gasteiger partial charge in [0.25, 0.3) is 0 Å². The Morgan fingerprint density at radius 1 is 1.19 bits per heavy atom. The molecule has 2 aromatic carbocycles. The second-order valence-corrected chi connectivity index (χ2v) is 5.91. The second-order valence-electron chi connectivity index (χ2n) is 5.06. The van der Waals surface area contributed by atoms with Gasteiger partial charge in [0, 0.05) is 16.7 Å². The summed E-state index contributed by atoms with van der Waals surface area (Å²) in [7, 11) is 0. The van der Waals surface area contributed by atoms with Crippen LogP contribution in [0.2, 0.25) is 0 Å². The molecule has 0 aliphatic rings. The molecule has 3 aromatic rings. The third kappa shape index (κ3) is 3.01. The summed E-state index contributed by atoms with van der Waals surface area (Å²) >= 11 is 3.68. The van der Waals surface area contributed by atoms with Crippen molar-refractivity contribution in [2.45, 2.75) is 19.9 Å². The van der Waals surface area contributed by atoms with Crippen molar-refractivity contribution in [2.75, 3.05) is 6.54 Å². The first-order chi connectivity index (χ1) is 10.3. The third-order valence-electron chi connectivity index (χ3n) is 3.51. The lowest BCUT2D eigenvalue weighted by Crippen LogP contribution is -2.14. The first-order valence-electron chi connectivity index (χ1n) is 7.21. The number of para-hydroxylation sites is 2. The van der Waals surface area contributed by atoms with E-state index < -0.39 is 0 Å². The van der Waals surface area contributed by atoms with Gasteiger partial charge < -0.3 is 5.32 Å². The number of imidazole rings is 1. The number of halogens is 1. The molecule has 1 N–H and O–H groups in total. The average Bonchev–Trinajstić information content (AvgIpc) is 2.93. The van der Waals surface area contributed by atoms with Crippen molar-refractivity contribution in [1.29, 1.82) is 0 Å². The summed E-state index contributed by atoms with van der Waals surface area (Å²) in [6.45, 7) is 4.11. The number of benzene rings is 2. The van der Waals surface area contributed by atoms with Crippen LogP contribution in [0.1, 0.15) is 18.9 Å². The molecule has 0 aliphatic carbocycles. The maximum atomic E-state index is 4.44. The molecule has 0 saturated carbocycles. The molecule has 0 unspecified atom stereocenters. The van der Waals surface area contributed by atoms with Crippen LogP contribution >= 0.6 is 15.9 Å². The molecule has 0 spiro atoms. The SMILES string of the molecule is CCCNCc1ccc(-n2cnc3ccccc32)cc1Br. The van der Waals surface area contributed by atoms with Gasteiger partial charge >= 0.3 is 0 Å². The van der Waals surface area contributed by atoms with Gasteiger partial charge in [0.15, 0.2) is 0 Å². The molecule has 0 fully saturated rings. The Hall–Kier alpha value is -1.65. The van der Waals surface area contributed by atoms with Crippen LogP contribution in [-0.4, -0.2) is 16.1 Å². The summed E-state index contributed by atoms with van der Waals surface area (Å²) in [5.41, 5.74) is 4.54. The lowest BCUT2D eigenvalue weighted by molar-refractivity contribution is 0.674. The van der Waals surface area contributed by atoms with Crippen molar-refractivity contribution >= 4 is 27.0 Å². The zero-order valence-corrected chi connectivity index (χ0v) is 13.6. The number of rotatable bonds is 5. The first-order valence-corrected chi connectivity index (χ1v) is 8.00. The van der Waals surface area contributed by atoms with Crippen LogP contribution in [0.15, 0.2) is 53.3 Å². The highest BCUT2D eigenvalue weighted by atomic mass is 79.9. The van der Waals surface area contributed by atoms with E-state index in [9.17, 15) is 0 Å². The van der Waals surface area contributed by atoms with E-state index in [1.165, 1.54) is 5.56 Å². The van der Waals surface area contributed by atoms with Crippen molar-refractivity contribution in [1.82, 2.24) is 14.9 Å². The molecule has 3 rings (SSSR count). The van der Waals surface area contributed by atoms with Gasteiger partial charge in [-0.2, -0.15) is 0 Å². The predicted octanol–water partition coefficient (Wildman–Crippen LogP) is 4.29. The molecule has 0 atom stereocenters. The van der Waals surface area contributed by atoms with Crippen LogP contribution in [0, 0.1) is 0 Å². The van der Waals surface area contributed by atoms with Gasteiger partial charge in [0.05, 0.1) is 11.0 Å². The Kier molecular flexibility index (Phi) is 4.36. The smallest absolute Gasteiger partial charge is 0.100 e. The van der Waals surface area contributed by atoms with Gasteiger partial charge in [-0.25, -0.2) is 4.98 Å². The molecular formula is C17H18BrN3. The molecule has 3 nitrogen and oxygen atoms in total. The zero-order chi connectivity index (χ0) is 14.7. The van der Waals surface area contributed by atoms with Crippen molar-refractivity contribution in [3.8, 4) is 5.69 Å². The van der Waals surface area contributed by atoms with Crippen molar-refractivity contribution < 1.29 is 0 Å². The molecule has 108 valence electrons. The second kappa shape index (κ2) is 6.41. The summed E-state index contributed by atoms with van der Waals surface area (Å²) in [6, 6.07) is 14.6. The Morgan fingerprint density at radius 3 is 2.86 bits per heavy atom. The highest BCUT2D eigenvalue weighted by Crippen LogP contribution is 2.23. The van der Waals surface area contributed by atoms with Crippen LogP contribution in [-0.2, 0) is 6.54 Å². The quantitative estimate of drug-likeness (QED) is 0.700. The minimum Gasteiger partial charge on any atom is -0.313 e. The summed E-state index contributed by atoms with van der Waals surface area (Å²) in [5.74, 6) is 0. The minimum atomic E-state index is 0.888. The summed E-state index contributed by atoms with van der Waals surface area (Å²) in [6.07, 6.45) is 3.03. The Labute approximate surface area is 133 Å². The molecule has 21 heavy (non-hydrogen) atoms. The Bertz CT molecular complexity index is 749. The summed E-state index contributed by atoms with van der Waals surface area (Å²) < 4.78 is 3.24. The Balaban J connectivity index is 1.91. The minimum absolute atomic E-state index is 0.888. The standard InChI is InChI=1S/C17H18BrN3/c1-2-9-19-11-13-7-8-14(10-15(13)18)21-12-20-16-5-3-4-6-17(16)21/h3-8,10,12,19H,2,9,11H2,1H3. The predicted molar refractivity (Wildman–Crippen MR) is 90.8 cm³/mol. The molecular weight excluding hydrogens is 326 g/mol. The molecule has 0 bridgehead atoms. The maximum Gasteiger partial charge on any atom is 0.100 e. The van der Waals surface area contributed by atoms with E-state index in [0.717, 1.165) is 40.7 Å². The van der Waals surface area contributed by atoms with Gasteiger partial charge in [0.1, 0.15) is 6.33 Å². The highest BCUT2D eigenvalue weighted by molar-refractivity contribution is 9.10. The zero-order valence-electron chi connectivity index (χ0n) is 12.0. The number of fused-ring (bicyclic) bond motifs is 1. The molecule has 4 heteroatoms. The molecule has 1 heterocycles. The van der Waals surface area contributed by atoms with Gasteiger partial charge in [-0.3, -0.25) is 4.57 Å². The highest BCUT2D eigenvalue weighted by Gasteiger charge is 2.06. The summed E-state index contributed by atoms with van der Waals surface area (Å²) in [4.78, 5) is 4.44. The number of hydrogen-bond acceptors (Lipinski definition) is 2. The van der Waals surface area contributed by atoms with Crippen LogP contribution in [0.4, 0.5) is 0 Å². The third-order valence-corrected chi connectivity index (χ3v) is 4.25. The fourth-order valence-corrected chi connectivity index (χ4v) is 2.90. The molecule has 1 aromatic heterocycles. The van der Waals surface area contributed by atoms with E-state index in [4.69, 9.17) is 0 Å². The lowest BCUT2D eigenvalue weighted by Gasteiger charge is -2.10. The number of nitrogens with zero attached hydrogens (tertiary/aromatic N) is 2. The van der Waals surface area contributed by atoms with Gasteiger partial charge in [0.2, 0.25) is 0 Å². The largest absolute Gasteiger partial charge is 0.313 e. The van der Waals surface area contributed by atoms with E-state index in [-0.39, 0.29) is 0 Å². The fourth-order valence-electron chi connectivity index (χ4n) is 2.39. The number of nitrogens with one attached hydrogen (secondary N) is 1. The summed E-state index contributed by atoms with van der Waals surface area (Å²) in [5, 5.41) is 3.43. The van der Waals surface area contributed by atoms with E-state index in [2.05, 4.69) is 62.0 Å². The van der Waals surface area contributed by atoms with Crippen LogP contribution in [0.3, 0.4) is 0 Å². The lowest BCUT2D eigenvalue weighted by atomic mass is 10.2. The molecule has 0 saturated heterocycles. The average molecular weight is 344 g/mol. The van der Waals surface area contributed by atoms with Crippen molar-refractivity contribution in [3.63, 3.8) is 0 Å². The number of hydrogen-bond donors (Lipinski definition) is 1.